The van der Waals surface area contributed by atoms with Crippen LogP contribution in [0.4, 0.5) is 5.69 Å². The van der Waals surface area contributed by atoms with Gasteiger partial charge in [-0.25, -0.2) is 0 Å². The Morgan fingerprint density at radius 3 is 2.48 bits per heavy atom. The summed E-state index contributed by atoms with van der Waals surface area (Å²) in [4.78, 5) is 0. The van der Waals surface area contributed by atoms with E-state index in [4.69, 9.17) is 14.6 Å². The zero-order valence-electron chi connectivity index (χ0n) is 12.2. The fourth-order valence-corrected chi connectivity index (χ4v) is 1.98. The van der Waals surface area contributed by atoms with E-state index in [0.717, 1.165) is 22.7 Å². The van der Waals surface area contributed by atoms with Crippen LogP contribution in [0.1, 0.15) is 12.5 Å². The van der Waals surface area contributed by atoms with Crippen LogP contribution < -0.4 is 14.8 Å². The highest BCUT2D eigenvalue weighted by atomic mass is 16.5. The molecule has 0 bridgehead atoms. The smallest absolute Gasteiger partial charge is 0.124 e. The first-order valence-electron chi connectivity index (χ1n) is 7.11. The molecule has 2 aromatic carbocycles. The van der Waals surface area contributed by atoms with Crippen molar-refractivity contribution < 1.29 is 14.6 Å². The molecule has 0 unspecified atom stereocenters. The molecule has 0 aliphatic carbocycles. The second-order valence-corrected chi connectivity index (χ2v) is 4.49. The Kier molecular flexibility index (Phi) is 5.91. The molecule has 0 atom stereocenters. The molecule has 0 aliphatic rings. The molecule has 2 N–H and O–H groups in total. The van der Waals surface area contributed by atoms with E-state index < -0.39 is 0 Å². The lowest BCUT2D eigenvalue weighted by atomic mass is 10.2. The minimum atomic E-state index is 0.0220. The molecule has 0 radical (unpaired) electrons. The lowest BCUT2D eigenvalue weighted by Gasteiger charge is -2.12. The Labute approximate surface area is 125 Å². The van der Waals surface area contributed by atoms with E-state index >= 15 is 0 Å². The van der Waals surface area contributed by atoms with Crippen LogP contribution in [0, 0.1) is 0 Å². The number of ether oxygens (including phenoxy) is 2. The summed E-state index contributed by atoms with van der Waals surface area (Å²) < 4.78 is 10.9. The molecule has 4 nitrogen and oxygen atoms in total. The molecular weight excluding hydrogens is 266 g/mol. The molecule has 0 saturated carbocycles. The van der Waals surface area contributed by atoms with E-state index in [-0.39, 0.29) is 6.61 Å². The number of benzene rings is 2. The van der Waals surface area contributed by atoms with Crippen LogP contribution >= 0.6 is 0 Å². The van der Waals surface area contributed by atoms with Crippen molar-refractivity contribution in [2.45, 2.75) is 13.5 Å². The topological polar surface area (TPSA) is 50.7 Å². The van der Waals surface area contributed by atoms with Crippen molar-refractivity contribution in [3.05, 3.63) is 54.1 Å². The van der Waals surface area contributed by atoms with Gasteiger partial charge in [0.25, 0.3) is 0 Å². The van der Waals surface area contributed by atoms with Gasteiger partial charge in [-0.2, -0.15) is 0 Å². The van der Waals surface area contributed by atoms with Gasteiger partial charge in [0, 0.05) is 17.8 Å². The molecule has 4 heteroatoms. The van der Waals surface area contributed by atoms with Gasteiger partial charge < -0.3 is 19.9 Å². The Balaban J connectivity index is 1.93. The number of rotatable bonds is 8. The average Bonchev–Trinajstić information content (AvgIpc) is 2.53. The third kappa shape index (κ3) is 4.68. The predicted octanol–water partition coefficient (Wildman–Crippen LogP) is 3.07. The fraction of sp³-hybridized carbons (Fsp3) is 0.294. The van der Waals surface area contributed by atoms with Crippen LogP contribution in [0.3, 0.4) is 0 Å². The number of aliphatic hydroxyl groups is 1. The number of hydrogen-bond donors (Lipinski definition) is 2. The van der Waals surface area contributed by atoms with Gasteiger partial charge in [0.1, 0.15) is 18.1 Å². The molecule has 0 aliphatic heterocycles. The summed E-state index contributed by atoms with van der Waals surface area (Å²) in [5.41, 5.74) is 2.14. The van der Waals surface area contributed by atoms with Gasteiger partial charge in [-0.3, -0.25) is 0 Å². The molecule has 0 spiro atoms. The van der Waals surface area contributed by atoms with E-state index in [9.17, 15) is 0 Å². The normalized spacial score (nSPS) is 10.2. The van der Waals surface area contributed by atoms with Crippen molar-refractivity contribution in [1.29, 1.82) is 0 Å². The van der Waals surface area contributed by atoms with Crippen molar-refractivity contribution in [3.63, 3.8) is 0 Å². The van der Waals surface area contributed by atoms with Gasteiger partial charge in [-0.1, -0.05) is 18.2 Å². The second-order valence-electron chi connectivity index (χ2n) is 4.49. The SMILES string of the molecule is CCOc1ccccc1CNc1ccc(OCCO)cc1. The van der Waals surface area contributed by atoms with Crippen LogP contribution in [0.2, 0.25) is 0 Å². The summed E-state index contributed by atoms with van der Waals surface area (Å²) in [6.07, 6.45) is 0. The van der Waals surface area contributed by atoms with Crippen LogP contribution in [0.25, 0.3) is 0 Å². The lowest BCUT2D eigenvalue weighted by Crippen LogP contribution is -2.04. The van der Waals surface area contributed by atoms with E-state index in [0.29, 0.717) is 19.8 Å². The van der Waals surface area contributed by atoms with Gasteiger partial charge in [0.15, 0.2) is 0 Å². The van der Waals surface area contributed by atoms with Crippen molar-refractivity contribution in [1.82, 2.24) is 0 Å². The van der Waals surface area contributed by atoms with E-state index in [1.54, 1.807) is 0 Å². The van der Waals surface area contributed by atoms with Crippen LogP contribution in [0.15, 0.2) is 48.5 Å². The van der Waals surface area contributed by atoms with Crippen molar-refractivity contribution in [2.75, 3.05) is 25.1 Å². The summed E-state index contributed by atoms with van der Waals surface area (Å²) in [5, 5.41) is 12.1. The molecule has 0 fully saturated rings. The van der Waals surface area contributed by atoms with Gasteiger partial charge in [-0.05, 0) is 37.3 Å². The molecule has 21 heavy (non-hydrogen) atoms. The van der Waals surface area contributed by atoms with Gasteiger partial charge in [0.05, 0.1) is 13.2 Å². The largest absolute Gasteiger partial charge is 0.494 e. The third-order valence-corrected chi connectivity index (χ3v) is 2.97. The highest BCUT2D eigenvalue weighted by Crippen LogP contribution is 2.21. The summed E-state index contributed by atoms with van der Waals surface area (Å²) >= 11 is 0. The number of para-hydroxylation sites is 1. The molecule has 0 amide bonds. The van der Waals surface area contributed by atoms with Gasteiger partial charge in [0.2, 0.25) is 0 Å². The second kappa shape index (κ2) is 8.17. The van der Waals surface area contributed by atoms with E-state index in [1.165, 1.54) is 0 Å². The summed E-state index contributed by atoms with van der Waals surface area (Å²) in [6, 6.07) is 15.7. The maximum absolute atomic E-state index is 8.71. The van der Waals surface area contributed by atoms with Crippen LogP contribution in [0.5, 0.6) is 11.5 Å². The minimum absolute atomic E-state index is 0.0220. The molecule has 112 valence electrons. The van der Waals surface area contributed by atoms with Crippen LogP contribution in [-0.2, 0) is 6.54 Å². The fourth-order valence-electron chi connectivity index (χ4n) is 1.98. The van der Waals surface area contributed by atoms with E-state index in [1.807, 2.05) is 49.4 Å². The summed E-state index contributed by atoms with van der Waals surface area (Å²) in [7, 11) is 0. The maximum atomic E-state index is 8.71. The van der Waals surface area contributed by atoms with Crippen molar-refractivity contribution in [2.24, 2.45) is 0 Å². The number of hydrogen-bond acceptors (Lipinski definition) is 4. The molecule has 2 rings (SSSR count). The van der Waals surface area contributed by atoms with Crippen molar-refractivity contribution >= 4 is 5.69 Å². The Hall–Kier alpha value is -2.20. The van der Waals surface area contributed by atoms with Gasteiger partial charge >= 0.3 is 0 Å². The first kappa shape index (κ1) is 15.2. The molecule has 0 aromatic heterocycles. The Morgan fingerprint density at radius 2 is 1.76 bits per heavy atom. The lowest BCUT2D eigenvalue weighted by molar-refractivity contribution is 0.201. The number of nitrogens with one attached hydrogen (secondary N) is 1. The number of aliphatic hydroxyl groups excluding tert-OH is 1. The molecular formula is C17H21NO3. The maximum Gasteiger partial charge on any atom is 0.124 e. The monoisotopic (exact) mass is 287 g/mol. The average molecular weight is 287 g/mol. The van der Waals surface area contributed by atoms with E-state index in [2.05, 4.69) is 11.4 Å². The first-order chi connectivity index (χ1) is 10.3. The quantitative estimate of drug-likeness (QED) is 0.783. The standard InChI is InChI=1S/C17H21NO3/c1-2-20-17-6-4-3-5-14(17)13-18-15-7-9-16(10-8-15)21-12-11-19/h3-10,18-19H,2,11-13H2,1H3. The first-order valence-corrected chi connectivity index (χ1v) is 7.11. The van der Waals surface area contributed by atoms with Gasteiger partial charge in [-0.15, -0.1) is 0 Å². The predicted molar refractivity (Wildman–Crippen MR) is 84.0 cm³/mol. The third-order valence-electron chi connectivity index (χ3n) is 2.97. The molecule has 0 heterocycles. The van der Waals surface area contributed by atoms with Crippen molar-refractivity contribution in [3.8, 4) is 11.5 Å². The molecule has 0 saturated heterocycles. The highest BCUT2D eigenvalue weighted by molar-refractivity contribution is 5.47. The Bertz CT molecular complexity index is 540. The summed E-state index contributed by atoms with van der Waals surface area (Å²) in [6.45, 7) is 3.68. The highest BCUT2D eigenvalue weighted by Gasteiger charge is 2.02. The van der Waals surface area contributed by atoms with Crippen LogP contribution in [-0.4, -0.2) is 24.9 Å². The molecule has 2 aromatic rings. The zero-order chi connectivity index (χ0) is 14.9. The zero-order valence-corrected chi connectivity index (χ0v) is 12.2. The minimum Gasteiger partial charge on any atom is -0.494 e. The summed E-state index contributed by atoms with van der Waals surface area (Å²) in [5.74, 6) is 1.67. The Morgan fingerprint density at radius 1 is 1.00 bits per heavy atom. The number of anilines is 1.